The summed E-state index contributed by atoms with van der Waals surface area (Å²) in [7, 11) is 1.80. The molecule has 1 fully saturated rings. The summed E-state index contributed by atoms with van der Waals surface area (Å²) in [6.45, 7) is 0. The molecule has 4 N–H and O–H groups in total. The van der Waals surface area contributed by atoms with Gasteiger partial charge in [0.25, 0.3) is 0 Å². The van der Waals surface area contributed by atoms with Crippen LogP contribution in [0.25, 0.3) is 22.4 Å². The Morgan fingerprint density at radius 2 is 1.78 bits per heavy atom. The Morgan fingerprint density at radius 1 is 1.06 bits per heavy atom. The minimum absolute atomic E-state index is 0.128. The molecular formula is C20H23F3N8O. The number of nitrogen functional groups attached to an aromatic ring is 1. The molecule has 170 valence electrons. The minimum atomic E-state index is -4.44. The van der Waals surface area contributed by atoms with Gasteiger partial charge in [0.1, 0.15) is 5.52 Å². The summed E-state index contributed by atoms with van der Waals surface area (Å²) >= 11 is 0. The van der Waals surface area contributed by atoms with Gasteiger partial charge in [-0.1, -0.05) is 19.3 Å². The number of rotatable bonds is 2. The van der Waals surface area contributed by atoms with Crippen LogP contribution in [0.1, 0.15) is 32.1 Å². The third-order valence-electron chi connectivity index (χ3n) is 5.51. The fourth-order valence-electron chi connectivity index (χ4n) is 3.81. The number of nitrogens with zero attached hydrogens (tertiary/aromatic N) is 6. The van der Waals surface area contributed by atoms with Gasteiger partial charge in [0.15, 0.2) is 17.1 Å². The Balaban J connectivity index is 0.000000189. The second-order valence-corrected chi connectivity index (χ2v) is 7.63. The molecule has 0 amide bonds. The lowest BCUT2D eigenvalue weighted by atomic mass is 9.84. The average Bonchev–Trinajstić information content (AvgIpc) is 3.39. The molecule has 0 aliphatic heterocycles. The highest BCUT2D eigenvalue weighted by atomic mass is 19.4. The molecular weight excluding hydrogens is 425 g/mol. The Morgan fingerprint density at radius 3 is 2.44 bits per heavy atom. The lowest BCUT2D eigenvalue weighted by Crippen LogP contribution is -2.46. The van der Waals surface area contributed by atoms with Crippen molar-refractivity contribution in [3.8, 4) is 11.3 Å². The van der Waals surface area contributed by atoms with E-state index in [1.54, 1.807) is 22.3 Å². The largest absolute Gasteiger partial charge is 0.417 e. The fraction of sp³-hybridized carbons (Fsp3) is 0.400. The first kappa shape index (κ1) is 21.8. The quantitative estimate of drug-likeness (QED) is 0.430. The zero-order valence-electron chi connectivity index (χ0n) is 17.3. The van der Waals surface area contributed by atoms with E-state index >= 15 is 0 Å². The summed E-state index contributed by atoms with van der Waals surface area (Å²) in [5.41, 5.74) is 6.70. The van der Waals surface area contributed by atoms with Gasteiger partial charge in [-0.2, -0.15) is 23.3 Å². The average molecular weight is 448 g/mol. The number of halogens is 3. The van der Waals surface area contributed by atoms with E-state index < -0.39 is 11.8 Å². The number of aliphatic hydroxyl groups is 1. The van der Waals surface area contributed by atoms with E-state index in [0.29, 0.717) is 18.7 Å². The van der Waals surface area contributed by atoms with E-state index in [1.165, 1.54) is 0 Å². The maximum Gasteiger partial charge on any atom is 0.417 e. The van der Waals surface area contributed by atoms with Crippen molar-refractivity contribution in [3.05, 3.63) is 36.8 Å². The van der Waals surface area contributed by atoms with Crippen molar-refractivity contribution in [2.45, 2.75) is 43.9 Å². The van der Waals surface area contributed by atoms with Crippen LogP contribution in [0.15, 0.2) is 36.8 Å². The van der Waals surface area contributed by atoms with Crippen LogP contribution in [0.2, 0.25) is 0 Å². The summed E-state index contributed by atoms with van der Waals surface area (Å²) in [6, 6.07) is 5.71. The van der Waals surface area contributed by atoms with Crippen molar-refractivity contribution in [1.82, 2.24) is 29.2 Å². The number of hydrogen-bond donors (Lipinski definition) is 3. The van der Waals surface area contributed by atoms with Crippen LogP contribution in [-0.2, 0) is 0 Å². The molecule has 4 aromatic rings. The SMILES string of the molecule is CNc1nc(N)nn2ccc(-c3ccn4nccc4n3)c12.OC1(C(F)(F)F)CCCCC1. The first-order valence-corrected chi connectivity index (χ1v) is 10.1. The molecule has 4 heterocycles. The van der Waals surface area contributed by atoms with Crippen molar-refractivity contribution < 1.29 is 18.3 Å². The van der Waals surface area contributed by atoms with Gasteiger partial charge < -0.3 is 16.2 Å². The van der Waals surface area contributed by atoms with Crippen molar-refractivity contribution >= 4 is 22.9 Å². The van der Waals surface area contributed by atoms with Crippen LogP contribution in [0.5, 0.6) is 0 Å². The highest BCUT2D eigenvalue weighted by Crippen LogP contribution is 2.41. The second-order valence-electron chi connectivity index (χ2n) is 7.63. The molecule has 32 heavy (non-hydrogen) atoms. The number of alkyl halides is 3. The van der Waals surface area contributed by atoms with E-state index in [4.69, 9.17) is 10.8 Å². The first-order chi connectivity index (χ1) is 15.2. The molecule has 1 aliphatic rings. The van der Waals surface area contributed by atoms with Crippen molar-refractivity contribution in [2.75, 3.05) is 18.1 Å². The molecule has 0 atom stereocenters. The van der Waals surface area contributed by atoms with Crippen molar-refractivity contribution in [2.24, 2.45) is 0 Å². The standard InChI is InChI=1S/C13H12N8.C7H11F3O/c1-15-12-11-8(3-6-21(11)19-13(14)18-12)9-4-7-20-10(17-9)2-5-16-20;8-7(9,10)6(11)4-2-1-3-5-6/h2-7H,1H3,(H3,14,15,18,19);11H,1-5H2. The van der Waals surface area contributed by atoms with Crippen molar-refractivity contribution in [1.29, 1.82) is 0 Å². The zero-order valence-corrected chi connectivity index (χ0v) is 17.3. The molecule has 0 radical (unpaired) electrons. The van der Waals surface area contributed by atoms with Crippen LogP contribution in [-0.4, -0.2) is 53.1 Å². The molecule has 0 saturated heterocycles. The molecule has 0 bridgehead atoms. The summed E-state index contributed by atoms with van der Waals surface area (Å²) in [5, 5.41) is 20.4. The highest BCUT2D eigenvalue weighted by molar-refractivity contribution is 5.87. The van der Waals surface area contributed by atoms with Crippen LogP contribution >= 0.6 is 0 Å². The number of nitrogens with one attached hydrogen (secondary N) is 1. The fourth-order valence-corrected chi connectivity index (χ4v) is 3.81. The number of aromatic nitrogens is 6. The molecule has 12 heteroatoms. The summed E-state index contributed by atoms with van der Waals surface area (Å²) in [4.78, 5) is 8.82. The maximum absolute atomic E-state index is 12.1. The van der Waals surface area contributed by atoms with E-state index in [-0.39, 0.29) is 18.8 Å². The third kappa shape index (κ3) is 4.05. The van der Waals surface area contributed by atoms with Gasteiger partial charge in [0.05, 0.1) is 11.9 Å². The molecule has 4 aromatic heterocycles. The van der Waals surface area contributed by atoms with Gasteiger partial charge >= 0.3 is 6.18 Å². The predicted molar refractivity (Wildman–Crippen MR) is 113 cm³/mol. The highest BCUT2D eigenvalue weighted by Gasteiger charge is 2.53. The van der Waals surface area contributed by atoms with Gasteiger partial charge in [-0.3, -0.25) is 0 Å². The van der Waals surface area contributed by atoms with Crippen molar-refractivity contribution in [3.63, 3.8) is 0 Å². The Hall–Kier alpha value is -3.41. The smallest absolute Gasteiger partial charge is 0.380 e. The third-order valence-corrected chi connectivity index (χ3v) is 5.51. The predicted octanol–water partition coefficient (Wildman–Crippen LogP) is 3.31. The second kappa shape index (κ2) is 8.26. The maximum atomic E-state index is 12.1. The minimum Gasteiger partial charge on any atom is -0.380 e. The van der Waals surface area contributed by atoms with Gasteiger partial charge in [-0.15, -0.1) is 5.10 Å². The number of hydrogen-bond acceptors (Lipinski definition) is 7. The van der Waals surface area contributed by atoms with Crippen LogP contribution in [0, 0.1) is 0 Å². The number of fused-ring (bicyclic) bond motifs is 2. The van der Waals surface area contributed by atoms with E-state index in [0.717, 1.165) is 28.8 Å². The van der Waals surface area contributed by atoms with Crippen LogP contribution in [0.4, 0.5) is 24.9 Å². The molecule has 0 unspecified atom stereocenters. The van der Waals surface area contributed by atoms with E-state index in [1.807, 2.05) is 30.6 Å². The molecule has 1 saturated carbocycles. The molecule has 1 aliphatic carbocycles. The summed E-state index contributed by atoms with van der Waals surface area (Å²) in [6.07, 6.45) is 2.50. The normalized spacial score (nSPS) is 16.0. The van der Waals surface area contributed by atoms with E-state index in [2.05, 4.69) is 25.5 Å². The van der Waals surface area contributed by atoms with Crippen LogP contribution < -0.4 is 11.1 Å². The Bertz CT molecular complexity index is 1230. The topological polar surface area (TPSA) is 119 Å². The Kier molecular flexibility index (Phi) is 5.63. The van der Waals surface area contributed by atoms with Gasteiger partial charge in [0, 0.05) is 31.1 Å². The van der Waals surface area contributed by atoms with Gasteiger partial charge in [-0.25, -0.2) is 14.0 Å². The van der Waals surface area contributed by atoms with Gasteiger partial charge in [-0.05, 0) is 25.0 Å². The van der Waals surface area contributed by atoms with E-state index in [9.17, 15) is 13.2 Å². The summed E-state index contributed by atoms with van der Waals surface area (Å²) in [5.74, 6) is 0.880. The van der Waals surface area contributed by atoms with Crippen LogP contribution in [0.3, 0.4) is 0 Å². The lowest BCUT2D eigenvalue weighted by molar-refractivity contribution is -0.269. The lowest BCUT2D eigenvalue weighted by Gasteiger charge is -2.33. The first-order valence-electron chi connectivity index (χ1n) is 10.1. The summed E-state index contributed by atoms with van der Waals surface area (Å²) < 4.78 is 39.6. The molecule has 9 nitrogen and oxygen atoms in total. The van der Waals surface area contributed by atoms with Gasteiger partial charge in [0.2, 0.25) is 5.95 Å². The molecule has 0 spiro atoms. The Labute approximate surface area is 181 Å². The molecule has 5 rings (SSSR count). The molecule has 0 aromatic carbocycles. The number of nitrogens with two attached hydrogens (primary N) is 1. The zero-order chi connectivity index (χ0) is 22.9. The monoisotopic (exact) mass is 448 g/mol. The number of anilines is 2.